The lowest BCUT2D eigenvalue weighted by atomic mass is 9.95. The Morgan fingerprint density at radius 2 is 1.84 bits per heavy atom. The number of anilines is 1. The second kappa shape index (κ2) is 14.6. The van der Waals surface area contributed by atoms with Gasteiger partial charge in [-0.2, -0.15) is 0 Å². The zero-order valence-electron chi connectivity index (χ0n) is 21.5. The lowest BCUT2D eigenvalue weighted by Gasteiger charge is -2.22. The summed E-state index contributed by atoms with van der Waals surface area (Å²) in [5.74, 6) is -2.71. The number of carboxylic acid groups (broad SMARTS) is 1. The second-order valence-corrected chi connectivity index (χ2v) is 9.55. The minimum Gasteiger partial charge on any atom is -0.481 e. The number of aryl methyl sites for hydroxylation is 2. The summed E-state index contributed by atoms with van der Waals surface area (Å²) in [6.07, 6.45) is 5.80. The number of nitrogen functional groups attached to an aromatic ring is 1. The van der Waals surface area contributed by atoms with Gasteiger partial charge in [0.25, 0.3) is 0 Å². The summed E-state index contributed by atoms with van der Waals surface area (Å²) in [5, 5.41) is 15.0. The summed E-state index contributed by atoms with van der Waals surface area (Å²) in [5.41, 5.74) is 8.23. The Morgan fingerprint density at radius 1 is 1.08 bits per heavy atom. The molecule has 38 heavy (non-hydrogen) atoms. The standard InChI is InChI=1S/C29H36N4O5/c30-24-11-9-21(10-12-24)7-5-8-23(19-27(35)36)28(37)32-26-18-22-6-3-1-2-4-16-33(20-22)17-14-25(34)13-15-31-29(26)38/h1-4,6,9-12,16,20,23,26H,5,7-8,13-15,17-19,30H2,(H,31,38)(H,32,37)(H,35,36)/t23-,26?/m1/s1. The number of ketones is 1. The maximum absolute atomic E-state index is 13.3. The number of nitrogens with one attached hydrogen (secondary N) is 2. The van der Waals surface area contributed by atoms with Crippen molar-refractivity contribution in [3.05, 3.63) is 78.1 Å². The van der Waals surface area contributed by atoms with Gasteiger partial charge in [-0.05, 0) is 48.6 Å². The topological polar surface area (TPSA) is 144 Å². The molecule has 0 spiro atoms. The summed E-state index contributed by atoms with van der Waals surface area (Å²) in [4.78, 5) is 50.1. The lowest BCUT2D eigenvalue weighted by Crippen LogP contribution is -2.50. The Bertz CT molecular complexity index is 1170. The van der Waals surface area contributed by atoms with E-state index in [9.17, 15) is 24.3 Å². The minimum atomic E-state index is -1.07. The summed E-state index contributed by atoms with van der Waals surface area (Å²) in [7, 11) is 0. The highest BCUT2D eigenvalue weighted by Crippen LogP contribution is 2.17. The van der Waals surface area contributed by atoms with Crippen molar-refractivity contribution in [2.75, 3.05) is 12.3 Å². The van der Waals surface area contributed by atoms with Crippen LogP contribution in [0.4, 0.5) is 5.69 Å². The average molecular weight is 521 g/mol. The van der Waals surface area contributed by atoms with E-state index >= 15 is 0 Å². The number of hydrogen-bond acceptors (Lipinski definition) is 5. The van der Waals surface area contributed by atoms with E-state index in [1.165, 1.54) is 0 Å². The Hall–Kier alpha value is -4.14. The smallest absolute Gasteiger partial charge is 0.304 e. The van der Waals surface area contributed by atoms with Gasteiger partial charge in [0.15, 0.2) is 0 Å². The molecule has 0 saturated carbocycles. The van der Waals surface area contributed by atoms with E-state index in [2.05, 4.69) is 10.6 Å². The van der Waals surface area contributed by atoms with E-state index in [0.717, 1.165) is 11.1 Å². The number of carboxylic acids is 1. The van der Waals surface area contributed by atoms with Crippen molar-refractivity contribution in [2.24, 2.45) is 5.92 Å². The van der Waals surface area contributed by atoms with E-state index < -0.39 is 29.7 Å². The molecule has 0 radical (unpaired) electrons. The summed E-state index contributed by atoms with van der Waals surface area (Å²) in [6.45, 7) is 0.677. The highest BCUT2D eigenvalue weighted by atomic mass is 16.4. The van der Waals surface area contributed by atoms with Crippen LogP contribution in [0.2, 0.25) is 0 Å². The number of hydrogen-bond donors (Lipinski definition) is 4. The number of nitrogens with two attached hydrogens (primary N) is 1. The van der Waals surface area contributed by atoms with Gasteiger partial charge >= 0.3 is 5.97 Å². The number of aromatic nitrogens is 1. The summed E-state index contributed by atoms with van der Waals surface area (Å²) in [6, 6.07) is 15.8. The zero-order chi connectivity index (χ0) is 27.3. The Labute approximate surface area is 222 Å². The van der Waals surface area contributed by atoms with Crippen LogP contribution in [0.25, 0.3) is 0 Å². The molecule has 9 heteroatoms. The van der Waals surface area contributed by atoms with Gasteiger partial charge in [0.1, 0.15) is 11.8 Å². The van der Waals surface area contributed by atoms with Crippen LogP contribution >= 0.6 is 0 Å². The van der Waals surface area contributed by atoms with E-state index in [1.807, 2.05) is 59.4 Å². The largest absolute Gasteiger partial charge is 0.481 e. The highest BCUT2D eigenvalue weighted by Gasteiger charge is 2.27. The molecule has 3 rings (SSSR count). The van der Waals surface area contributed by atoms with E-state index in [-0.39, 0.29) is 31.6 Å². The number of carbonyl (C=O) groups excluding carboxylic acids is 3. The number of benzene rings is 1. The summed E-state index contributed by atoms with van der Waals surface area (Å²) >= 11 is 0. The van der Waals surface area contributed by atoms with Crippen molar-refractivity contribution in [3.8, 4) is 0 Å². The minimum absolute atomic E-state index is 0.0309. The molecular formula is C29H36N4O5. The molecule has 5 N–H and O–H groups in total. The molecule has 2 amide bonds. The molecule has 1 aromatic carbocycles. The third-order valence-corrected chi connectivity index (χ3v) is 6.47. The van der Waals surface area contributed by atoms with E-state index in [4.69, 9.17) is 5.73 Å². The van der Waals surface area contributed by atoms with Gasteiger partial charge < -0.3 is 26.0 Å². The van der Waals surface area contributed by atoms with Crippen LogP contribution in [-0.4, -0.2) is 45.8 Å². The molecule has 0 aliphatic carbocycles. The van der Waals surface area contributed by atoms with Gasteiger partial charge in [-0.1, -0.05) is 36.4 Å². The van der Waals surface area contributed by atoms with Crippen molar-refractivity contribution in [2.45, 2.75) is 57.5 Å². The Morgan fingerprint density at radius 3 is 2.61 bits per heavy atom. The number of Topliss-reactive ketones (excluding diaryl/α,β-unsaturated/α-hetero) is 1. The van der Waals surface area contributed by atoms with Crippen LogP contribution in [0.3, 0.4) is 0 Å². The van der Waals surface area contributed by atoms with Gasteiger partial charge in [0, 0.05) is 56.4 Å². The molecule has 0 fully saturated rings. The maximum Gasteiger partial charge on any atom is 0.304 e. The Balaban J connectivity index is 1.78. The fourth-order valence-electron chi connectivity index (χ4n) is 4.36. The van der Waals surface area contributed by atoms with Crippen LogP contribution in [0.5, 0.6) is 0 Å². The van der Waals surface area contributed by atoms with Crippen molar-refractivity contribution in [3.63, 3.8) is 0 Å². The zero-order valence-corrected chi connectivity index (χ0v) is 21.5. The van der Waals surface area contributed by atoms with Gasteiger partial charge in [-0.25, -0.2) is 0 Å². The molecule has 1 aliphatic heterocycles. The van der Waals surface area contributed by atoms with Crippen LogP contribution in [0.1, 0.15) is 43.2 Å². The fraction of sp³-hybridized carbons (Fsp3) is 0.379. The Kier molecular flexibility index (Phi) is 10.9. The molecule has 1 aliphatic rings. The molecule has 1 unspecified atom stereocenters. The van der Waals surface area contributed by atoms with Crippen molar-refractivity contribution in [1.82, 2.24) is 15.2 Å². The van der Waals surface area contributed by atoms with Crippen molar-refractivity contribution in [1.29, 1.82) is 0 Å². The predicted molar refractivity (Wildman–Crippen MR) is 144 cm³/mol. The number of amides is 2. The SMILES string of the molecule is Nc1ccc(CCC[C@H](CC(=O)O)C(=O)NC2Cc3ccccccn(c3)CCC(=O)CCNC2=O)cc1. The third kappa shape index (κ3) is 9.72. The van der Waals surface area contributed by atoms with Gasteiger partial charge in [-0.3, -0.25) is 19.2 Å². The molecule has 0 saturated heterocycles. The quantitative estimate of drug-likeness (QED) is 0.394. The molecule has 2 atom stereocenters. The highest BCUT2D eigenvalue weighted by molar-refractivity contribution is 5.90. The molecule has 2 aromatic rings. The fourth-order valence-corrected chi connectivity index (χ4v) is 4.36. The van der Waals surface area contributed by atoms with Crippen molar-refractivity contribution >= 4 is 29.3 Å². The first-order valence-electron chi connectivity index (χ1n) is 12.9. The monoisotopic (exact) mass is 520 g/mol. The van der Waals surface area contributed by atoms with Gasteiger partial charge in [0.05, 0.1) is 6.42 Å². The number of fused-ring (bicyclic) bond motifs is 2. The normalized spacial score (nSPS) is 16.7. The number of nitrogens with zero attached hydrogens (tertiary/aromatic N) is 1. The van der Waals surface area contributed by atoms with E-state index in [1.54, 1.807) is 12.1 Å². The second-order valence-electron chi connectivity index (χ2n) is 9.55. The number of carbonyl (C=O) groups is 4. The summed E-state index contributed by atoms with van der Waals surface area (Å²) < 4.78 is 1.90. The molecule has 9 nitrogen and oxygen atoms in total. The first kappa shape index (κ1) is 28.4. The molecule has 202 valence electrons. The van der Waals surface area contributed by atoms with Gasteiger partial charge in [-0.15, -0.1) is 0 Å². The first-order valence-corrected chi connectivity index (χ1v) is 12.9. The van der Waals surface area contributed by atoms with Gasteiger partial charge in [0.2, 0.25) is 11.8 Å². The van der Waals surface area contributed by atoms with Crippen LogP contribution in [-0.2, 0) is 38.6 Å². The lowest BCUT2D eigenvalue weighted by molar-refractivity contribution is -0.141. The average Bonchev–Trinajstić information content (AvgIpc) is 2.98. The number of aliphatic carboxylic acids is 1. The third-order valence-electron chi connectivity index (χ3n) is 6.47. The van der Waals surface area contributed by atoms with E-state index in [0.29, 0.717) is 37.9 Å². The predicted octanol–water partition coefficient (Wildman–Crippen LogP) is 2.81. The van der Waals surface area contributed by atoms with Crippen LogP contribution in [0.15, 0.2) is 67.0 Å². The molecule has 1 aromatic heterocycles. The maximum atomic E-state index is 13.3. The van der Waals surface area contributed by atoms with Crippen LogP contribution < -0.4 is 16.4 Å². The van der Waals surface area contributed by atoms with Crippen molar-refractivity contribution < 1.29 is 24.3 Å². The number of rotatable bonds is 8. The molecule has 2 heterocycles. The first-order chi connectivity index (χ1) is 18.3. The molecule has 2 bridgehead atoms. The molecular weight excluding hydrogens is 484 g/mol. The van der Waals surface area contributed by atoms with Crippen LogP contribution in [0, 0.1) is 5.92 Å².